The molecule has 0 aromatic carbocycles. The van der Waals surface area contributed by atoms with Gasteiger partial charge in [0.25, 0.3) is 0 Å². The molecule has 0 unspecified atom stereocenters. The zero-order valence-electron chi connectivity index (χ0n) is 6.74. The van der Waals surface area contributed by atoms with Gasteiger partial charge >= 0.3 is 5.97 Å². The second-order valence-electron chi connectivity index (χ2n) is 2.78. The monoisotopic (exact) mass is 159 g/mol. The quantitative estimate of drug-likeness (QED) is 0.369. The van der Waals surface area contributed by atoms with E-state index < -0.39 is 5.97 Å². The van der Waals surface area contributed by atoms with Gasteiger partial charge in [-0.2, -0.15) is 0 Å². The highest BCUT2D eigenvalue weighted by atomic mass is 16.4. The Morgan fingerprint density at radius 1 is 1.55 bits per heavy atom. The molecule has 0 spiro atoms. The predicted molar refractivity (Wildman–Crippen MR) is 40.9 cm³/mol. The van der Waals surface area contributed by atoms with Crippen LogP contribution in [-0.2, 0) is 4.79 Å². The zero-order valence-corrected chi connectivity index (χ0v) is 6.74. The largest absolute Gasteiger partial charge is 0.477 e. The van der Waals surface area contributed by atoms with Gasteiger partial charge in [-0.1, -0.05) is 19.0 Å². The summed E-state index contributed by atoms with van der Waals surface area (Å²) < 4.78 is 0. The molecule has 2 N–H and O–H groups in total. The average molecular weight is 159 g/mol. The lowest BCUT2D eigenvalue weighted by molar-refractivity contribution is -0.129. The van der Waals surface area contributed by atoms with Gasteiger partial charge in [0.2, 0.25) is 0 Å². The molecule has 0 aliphatic carbocycles. The number of aliphatic carboxylic acids is 1. The predicted octanol–water partition coefficient (Wildman–Crippen LogP) is 1.34. The van der Waals surface area contributed by atoms with Crippen LogP contribution in [-0.4, -0.2) is 22.0 Å². The maximum atomic E-state index is 10.3. The van der Waals surface area contributed by atoms with E-state index in [1.807, 2.05) is 13.8 Å². The first-order chi connectivity index (χ1) is 5.07. The second-order valence-corrected chi connectivity index (χ2v) is 2.78. The number of rotatable bonds is 4. The van der Waals surface area contributed by atoms with Crippen LogP contribution >= 0.6 is 0 Å². The molecule has 0 aromatic rings. The van der Waals surface area contributed by atoms with E-state index in [9.17, 15) is 4.79 Å². The van der Waals surface area contributed by atoms with Crippen molar-refractivity contribution in [3.8, 4) is 0 Å². The molecule has 0 amide bonds. The van der Waals surface area contributed by atoms with E-state index in [4.69, 9.17) is 10.3 Å². The highest BCUT2D eigenvalue weighted by Gasteiger charge is 2.09. The Balaban J connectivity index is 3.82. The van der Waals surface area contributed by atoms with Crippen molar-refractivity contribution in [2.24, 2.45) is 11.1 Å². The molecule has 0 bridgehead atoms. The maximum absolute atomic E-state index is 10.3. The molecular formula is C7H13NO3. The van der Waals surface area contributed by atoms with Crippen molar-refractivity contribution in [2.45, 2.75) is 26.7 Å². The van der Waals surface area contributed by atoms with Crippen LogP contribution in [0.1, 0.15) is 26.7 Å². The number of nitrogens with zero attached hydrogens (tertiary/aromatic N) is 1. The first kappa shape index (κ1) is 9.94. The van der Waals surface area contributed by atoms with Gasteiger partial charge in [0, 0.05) is 6.42 Å². The van der Waals surface area contributed by atoms with Crippen LogP contribution in [0.4, 0.5) is 0 Å². The summed E-state index contributed by atoms with van der Waals surface area (Å²) >= 11 is 0. The highest BCUT2D eigenvalue weighted by Crippen LogP contribution is 2.04. The van der Waals surface area contributed by atoms with E-state index in [2.05, 4.69) is 5.16 Å². The van der Waals surface area contributed by atoms with Crippen molar-refractivity contribution in [2.75, 3.05) is 0 Å². The summed E-state index contributed by atoms with van der Waals surface area (Å²) in [5.41, 5.74) is -0.168. The standard InChI is InChI=1S/C7H13NO3/c1-5(2)3-4-6(8-11)7(9)10/h5,11H,3-4H2,1-2H3,(H,9,10)/b8-6-. The van der Waals surface area contributed by atoms with Gasteiger partial charge < -0.3 is 10.3 Å². The molecule has 0 heterocycles. The summed E-state index contributed by atoms with van der Waals surface area (Å²) in [6.07, 6.45) is 1.05. The fraction of sp³-hybridized carbons (Fsp3) is 0.714. The van der Waals surface area contributed by atoms with Crippen LogP contribution in [0.3, 0.4) is 0 Å². The van der Waals surface area contributed by atoms with Crippen LogP contribution in [0.5, 0.6) is 0 Å². The van der Waals surface area contributed by atoms with Crippen molar-refractivity contribution in [1.82, 2.24) is 0 Å². The number of oxime groups is 1. The lowest BCUT2D eigenvalue weighted by Crippen LogP contribution is -2.13. The van der Waals surface area contributed by atoms with Crippen molar-refractivity contribution >= 4 is 11.7 Å². The van der Waals surface area contributed by atoms with E-state index in [0.29, 0.717) is 12.3 Å². The van der Waals surface area contributed by atoms with E-state index in [1.54, 1.807) is 0 Å². The number of carbonyl (C=O) groups is 1. The van der Waals surface area contributed by atoms with E-state index >= 15 is 0 Å². The Hall–Kier alpha value is -1.06. The molecule has 0 radical (unpaired) electrons. The first-order valence-electron chi connectivity index (χ1n) is 3.52. The van der Waals surface area contributed by atoms with Gasteiger partial charge in [0.05, 0.1) is 0 Å². The van der Waals surface area contributed by atoms with Gasteiger partial charge in [-0.05, 0) is 12.3 Å². The molecular weight excluding hydrogens is 146 g/mol. The SMILES string of the molecule is CC(C)CC/C(=N/O)C(=O)O. The molecule has 0 saturated heterocycles. The van der Waals surface area contributed by atoms with Gasteiger partial charge in [-0.3, -0.25) is 0 Å². The summed E-state index contributed by atoms with van der Waals surface area (Å²) in [4.78, 5) is 10.3. The maximum Gasteiger partial charge on any atom is 0.353 e. The van der Waals surface area contributed by atoms with Gasteiger partial charge in [0.1, 0.15) is 0 Å². The smallest absolute Gasteiger partial charge is 0.353 e. The first-order valence-corrected chi connectivity index (χ1v) is 3.52. The molecule has 0 fully saturated rings. The van der Waals surface area contributed by atoms with Crippen molar-refractivity contribution in [1.29, 1.82) is 0 Å². The Labute approximate surface area is 65.5 Å². The van der Waals surface area contributed by atoms with Crippen LogP contribution in [0.2, 0.25) is 0 Å². The fourth-order valence-corrected chi connectivity index (χ4v) is 0.625. The summed E-state index contributed by atoms with van der Waals surface area (Å²) in [7, 11) is 0. The number of hydrogen-bond donors (Lipinski definition) is 2. The molecule has 0 aliphatic rings. The molecule has 11 heavy (non-hydrogen) atoms. The third-order valence-corrected chi connectivity index (χ3v) is 1.33. The minimum atomic E-state index is -1.15. The Kier molecular flexibility index (Phi) is 4.26. The molecule has 0 rings (SSSR count). The van der Waals surface area contributed by atoms with E-state index in [1.165, 1.54) is 0 Å². The average Bonchev–Trinajstić information content (AvgIpc) is 1.87. The third-order valence-electron chi connectivity index (χ3n) is 1.33. The number of carboxylic acid groups (broad SMARTS) is 1. The molecule has 64 valence electrons. The lowest BCUT2D eigenvalue weighted by Gasteiger charge is -2.01. The van der Waals surface area contributed by atoms with Crippen molar-refractivity contribution < 1.29 is 15.1 Å². The Morgan fingerprint density at radius 2 is 2.09 bits per heavy atom. The highest BCUT2D eigenvalue weighted by molar-refractivity contribution is 6.35. The van der Waals surface area contributed by atoms with E-state index in [0.717, 1.165) is 6.42 Å². The Morgan fingerprint density at radius 3 is 2.36 bits per heavy atom. The molecule has 0 saturated carbocycles. The van der Waals surface area contributed by atoms with Gasteiger partial charge in [-0.25, -0.2) is 4.79 Å². The molecule has 4 heteroatoms. The summed E-state index contributed by atoms with van der Waals surface area (Å²) in [6.45, 7) is 3.97. The third kappa shape index (κ3) is 4.36. The van der Waals surface area contributed by atoms with Gasteiger partial charge in [-0.15, -0.1) is 0 Å². The lowest BCUT2D eigenvalue weighted by atomic mass is 10.1. The summed E-state index contributed by atoms with van der Waals surface area (Å²) in [6, 6.07) is 0. The minimum absolute atomic E-state index is 0.168. The van der Waals surface area contributed by atoms with Crippen LogP contribution in [0.25, 0.3) is 0 Å². The normalized spacial score (nSPS) is 12.1. The van der Waals surface area contributed by atoms with Gasteiger partial charge in [0.15, 0.2) is 5.71 Å². The van der Waals surface area contributed by atoms with Crippen molar-refractivity contribution in [3.05, 3.63) is 0 Å². The van der Waals surface area contributed by atoms with Crippen LogP contribution in [0, 0.1) is 5.92 Å². The molecule has 4 nitrogen and oxygen atoms in total. The van der Waals surface area contributed by atoms with E-state index in [-0.39, 0.29) is 5.71 Å². The topological polar surface area (TPSA) is 69.9 Å². The molecule has 0 aromatic heterocycles. The minimum Gasteiger partial charge on any atom is -0.477 e. The second kappa shape index (κ2) is 4.71. The summed E-state index contributed by atoms with van der Waals surface area (Å²) in [5, 5.41) is 19.3. The van der Waals surface area contributed by atoms with Crippen LogP contribution < -0.4 is 0 Å². The van der Waals surface area contributed by atoms with Crippen LogP contribution in [0.15, 0.2) is 5.16 Å². The van der Waals surface area contributed by atoms with Crippen molar-refractivity contribution in [3.63, 3.8) is 0 Å². The zero-order chi connectivity index (χ0) is 8.85. The fourth-order valence-electron chi connectivity index (χ4n) is 0.625. The molecule has 0 aliphatic heterocycles. The molecule has 0 atom stereocenters. The summed E-state index contributed by atoms with van der Waals surface area (Å²) in [5.74, 6) is -0.723. The number of carboxylic acids is 1. The number of hydrogen-bond acceptors (Lipinski definition) is 3. The Bertz CT molecular complexity index is 163.